The smallest absolute Gasteiger partial charge is 0.164 e. The predicted molar refractivity (Wildman–Crippen MR) is 119 cm³/mol. The predicted octanol–water partition coefficient (Wildman–Crippen LogP) is 3.11. The van der Waals surface area contributed by atoms with Crippen LogP contribution in [0.3, 0.4) is 0 Å². The van der Waals surface area contributed by atoms with Gasteiger partial charge in [-0.2, -0.15) is 5.10 Å². The lowest BCUT2D eigenvalue weighted by atomic mass is 10.0. The van der Waals surface area contributed by atoms with Gasteiger partial charge in [0.25, 0.3) is 0 Å². The average molecular weight is 428 g/mol. The number of nitrogens with zero attached hydrogens (tertiary/aromatic N) is 5. The molecule has 0 saturated carbocycles. The van der Waals surface area contributed by atoms with E-state index in [1.54, 1.807) is 0 Å². The molecule has 0 aliphatic carbocycles. The molecule has 0 radical (unpaired) electrons. The van der Waals surface area contributed by atoms with Crippen LogP contribution < -0.4 is 9.80 Å². The van der Waals surface area contributed by atoms with E-state index in [-0.39, 0.29) is 11.8 Å². The van der Waals surface area contributed by atoms with Crippen molar-refractivity contribution >= 4 is 22.5 Å². The molecule has 0 amide bonds. The van der Waals surface area contributed by atoms with Crippen molar-refractivity contribution in [3.05, 3.63) is 12.3 Å². The van der Waals surface area contributed by atoms with Crippen LogP contribution in [0.4, 0.5) is 11.5 Å². The maximum Gasteiger partial charge on any atom is 0.164 e. The summed E-state index contributed by atoms with van der Waals surface area (Å²) in [5.41, 5.74) is 2.06. The van der Waals surface area contributed by atoms with Crippen molar-refractivity contribution in [3.63, 3.8) is 0 Å². The Kier molecular flexibility index (Phi) is 4.85. The lowest BCUT2D eigenvalue weighted by molar-refractivity contribution is -0.0370. The number of fused-ring (bicyclic) bond motifs is 3. The first-order valence-corrected chi connectivity index (χ1v) is 11.8. The zero-order chi connectivity index (χ0) is 21.0. The molecule has 0 N–H and O–H groups in total. The molecule has 4 aliphatic heterocycles. The fraction of sp³-hybridized carbons (Fsp3) is 0.739. The summed E-state index contributed by atoms with van der Waals surface area (Å²) in [5.74, 6) is 1.05. The highest BCUT2D eigenvalue weighted by Crippen LogP contribution is 2.40. The number of pyridine rings is 1. The maximum absolute atomic E-state index is 6.09. The number of rotatable bonds is 3. The summed E-state index contributed by atoms with van der Waals surface area (Å²) in [6.07, 6.45) is 7.59. The Morgan fingerprint density at radius 2 is 1.87 bits per heavy atom. The van der Waals surface area contributed by atoms with E-state index in [1.807, 2.05) is 10.9 Å². The van der Waals surface area contributed by atoms with E-state index in [9.17, 15) is 0 Å². The Hall–Kier alpha value is -1.90. The monoisotopic (exact) mass is 427 g/mol. The van der Waals surface area contributed by atoms with Gasteiger partial charge < -0.3 is 24.0 Å². The molecule has 2 bridgehead atoms. The highest BCUT2D eigenvalue weighted by atomic mass is 16.5. The maximum atomic E-state index is 6.09. The Labute approximate surface area is 183 Å². The van der Waals surface area contributed by atoms with Gasteiger partial charge >= 0.3 is 0 Å². The zero-order valence-electron chi connectivity index (χ0n) is 18.6. The fourth-order valence-corrected chi connectivity index (χ4v) is 5.78. The average Bonchev–Trinajstić information content (AvgIpc) is 3.31. The Balaban J connectivity index is 1.50. The minimum atomic E-state index is -0.0861. The van der Waals surface area contributed by atoms with E-state index in [2.05, 4.69) is 29.7 Å². The van der Waals surface area contributed by atoms with Crippen LogP contribution in [0.1, 0.15) is 52.2 Å². The van der Waals surface area contributed by atoms with E-state index < -0.39 is 0 Å². The molecule has 3 unspecified atom stereocenters. The quantitative estimate of drug-likeness (QED) is 0.746. The van der Waals surface area contributed by atoms with Crippen molar-refractivity contribution in [1.29, 1.82) is 0 Å². The molecule has 4 saturated heterocycles. The molecule has 168 valence electrons. The normalized spacial score (nSPS) is 30.8. The van der Waals surface area contributed by atoms with Crippen LogP contribution in [0.2, 0.25) is 0 Å². The van der Waals surface area contributed by atoms with Gasteiger partial charge in [0.15, 0.2) is 11.9 Å². The third-order valence-corrected chi connectivity index (χ3v) is 7.40. The van der Waals surface area contributed by atoms with Crippen molar-refractivity contribution < 1.29 is 14.2 Å². The molecule has 4 aliphatic rings. The Morgan fingerprint density at radius 3 is 2.61 bits per heavy atom. The number of morpholine rings is 2. The standard InChI is InChI=1S/C23H33N5O3/c1-23(2)15-29-10-8-26(23)19-11-20(27-16-6-7-17(27)14-30-13-16)25-22-18(19)12-24-28(22)21-5-3-4-9-31-21/h11-12,16-17,21H,3-10,13-15H2,1-2H3. The van der Waals surface area contributed by atoms with Crippen LogP contribution in [0.25, 0.3) is 11.0 Å². The number of hydrogen-bond acceptors (Lipinski definition) is 7. The molecule has 31 heavy (non-hydrogen) atoms. The van der Waals surface area contributed by atoms with E-state index in [0.29, 0.717) is 12.1 Å². The molecule has 8 nitrogen and oxygen atoms in total. The number of anilines is 2. The summed E-state index contributed by atoms with van der Waals surface area (Å²) < 4.78 is 19.8. The summed E-state index contributed by atoms with van der Waals surface area (Å²) in [5, 5.41) is 5.90. The van der Waals surface area contributed by atoms with Crippen molar-refractivity contribution in [2.45, 2.75) is 69.8 Å². The molecule has 6 heterocycles. The van der Waals surface area contributed by atoms with Gasteiger partial charge in [0.05, 0.1) is 61.3 Å². The van der Waals surface area contributed by atoms with E-state index in [0.717, 1.165) is 69.3 Å². The number of ether oxygens (including phenoxy) is 3. The summed E-state index contributed by atoms with van der Waals surface area (Å²) in [6.45, 7) is 9.21. The molecule has 0 aromatic carbocycles. The van der Waals surface area contributed by atoms with Gasteiger partial charge in [-0.05, 0) is 46.0 Å². The number of hydrogen-bond donors (Lipinski definition) is 0. The van der Waals surface area contributed by atoms with Gasteiger partial charge in [-0.1, -0.05) is 0 Å². The highest BCUT2D eigenvalue weighted by Gasteiger charge is 2.40. The van der Waals surface area contributed by atoms with Gasteiger partial charge in [-0.25, -0.2) is 9.67 Å². The first kappa shape index (κ1) is 19.8. The van der Waals surface area contributed by atoms with Crippen molar-refractivity contribution in [1.82, 2.24) is 14.8 Å². The lowest BCUT2D eigenvalue weighted by Crippen LogP contribution is -2.53. The van der Waals surface area contributed by atoms with Crippen molar-refractivity contribution in [3.8, 4) is 0 Å². The molecule has 0 spiro atoms. The molecular formula is C23H33N5O3. The van der Waals surface area contributed by atoms with Gasteiger partial charge in [0.1, 0.15) is 5.82 Å². The lowest BCUT2D eigenvalue weighted by Gasteiger charge is -2.44. The second kappa shape index (κ2) is 7.60. The first-order chi connectivity index (χ1) is 15.1. The number of aromatic nitrogens is 3. The first-order valence-electron chi connectivity index (χ1n) is 11.8. The molecule has 4 fully saturated rings. The molecule has 8 heteroatoms. The third-order valence-electron chi connectivity index (χ3n) is 7.40. The van der Waals surface area contributed by atoms with Crippen LogP contribution in [0.5, 0.6) is 0 Å². The van der Waals surface area contributed by atoms with E-state index in [4.69, 9.17) is 24.3 Å². The van der Waals surface area contributed by atoms with Gasteiger partial charge in [0, 0.05) is 19.2 Å². The minimum Gasteiger partial charge on any atom is -0.377 e. The van der Waals surface area contributed by atoms with Crippen LogP contribution in [-0.4, -0.2) is 72.0 Å². The molecular weight excluding hydrogens is 394 g/mol. The molecule has 2 aromatic heterocycles. The van der Waals surface area contributed by atoms with E-state index in [1.165, 1.54) is 24.9 Å². The summed E-state index contributed by atoms with van der Waals surface area (Å²) in [4.78, 5) is 10.2. The Morgan fingerprint density at radius 1 is 1.03 bits per heavy atom. The molecule has 3 atom stereocenters. The minimum absolute atomic E-state index is 0.0269. The van der Waals surface area contributed by atoms with Gasteiger partial charge in [-0.15, -0.1) is 0 Å². The largest absolute Gasteiger partial charge is 0.377 e. The second-order valence-electron chi connectivity index (χ2n) is 9.99. The molecule has 2 aromatic rings. The summed E-state index contributed by atoms with van der Waals surface area (Å²) >= 11 is 0. The van der Waals surface area contributed by atoms with Crippen LogP contribution in [0.15, 0.2) is 12.3 Å². The summed E-state index contributed by atoms with van der Waals surface area (Å²) in [7, 11) is 0. The van der Waals surface area contributed by atoms with Crippen LogP contribution in [-0.2, 0) is 14.2 Å². The molecule has 6 rings (SSSR count). The van der Waals surface area contributed by atoms with Crippen molar-refractivity contribution in [2.75, 3.05) is 49.4 Å². The van der Waals surface area contributed by atoms with Crippen LogP contribution >= 0.6 is 0 Å². The zero-order valence-corrected chi connectivity index (χ0v) is 18.6. The van der Waals surface area contributed by atoms with Crippen molar-refractivity contribution in [2.24, 2.45) is 0 Å². The topological polar surface area (TPSA) is 64.9 Å². The summed E-state index contributed by atoms with van der Waals surface area (Å²) in [6, 6.07) is 3.12. The third kappa shape index (κ3) is 3.31. The van der Waals surface area contributed by atoms with E-state index >= 15 is 0 Å². The second-order valence-corrected chi connectivity index (χ2v) is 9.99. The highest BCUT2D eigenvalue weighted by molar-refractivity contribution is 5.92. The Bertz CT molecular complexity index is 938. The van der Waals surface area contributed by atoms with Gasteiger partial charge in [0.2, 0.25) is 0 Å². The van der Waals surface area contributed by atoms with Crippen LogP contribution in [0, 0.1) is 0 Å². The van der Waals surface area contributed by atoms with Gasteiger partial charge in [-0.3, -0.25) is 0 Å². The fourth-order valence-electron chi connectivity index (χ4n) is 5.78. The SMILES string of the molecule is CC1(C)COCCN1c1cc(N2C3CCC2COC3)nc2c1cnn2C1CCCCO1.